The quantitative estimate of drug-likeness (QED) is 0.656. The molecule has 0 unspecified atom stereocenters. The van der Waals surface area contributed by atoms with Crippen molar-refractivity contribution in [1.82, 2.24) is 9.88 Å². The lowest BCUT2D eigenvalue weighted by atomic mass is 10.0. The maximum atomic E-state index is 12.7. The average molecular weight is 359 g/mol. The van der Waals surface area contributed by atoms with E-state index in [2.05, 4.69) is 48.4 Å². The zero-order valence-corrected chi connectivity index (χ0v) is 16.0. The number of nitrogens with one attached hydrogen (secondary N) is 1. The zero-order chi connectivity index (χ0) is 19.2. The fraction of sp³-hybridized carbons (Fsp3) is 0.217. The van der Waals surface area contributed by atoms with Crippen molar-refractivity contribution in [2.75, 3.05) is 12.4 Å². The van der Waals surface area contributed by atoms with E-state index in [1.54, 1.807) is 24.2 Å². The van der Waals surface area contributed by atoms with Gasteiger partial charge in [-0.05, 0) is 41.3 Å². The van der Waals surface area contributed by atoms with E-state index in [0.29, 0.717) is 18.2 Å². The predicted octanol–water partition coefficient (Wildman–Crippen LogP) is 5.22. The summed E-state index contributed by atoms with van der Waals surface area (Å²) in [6.07, 6.45) is 1.66. The number of nitrogens with zero attached hydrogens (tertiary/aromatic N) is 2. The minimum absolute atomic E-state index is 0.0994. The summed E-state index contributed by atoms with van der Waals surface area (Å²) in [6, 6.07) is 21.9. The van der Waals surface area contributed by atoms with Crippen LogP contribution in [0.2, 0.25) is 0 Å². The lowest BCUT2D eigenvalue weighted by Gasteiger charge is -2.17. The van der Waals surface area contributed by atoms with Gasteiger partial charge in [0.05, 0.1) is 0 Å². The molecule has 0 aliphatic heterocycles. The van der Waals surface area contributed by atoms with Crippen LogP contribution in [0.15, 0.2) is 72.9 Å². The first-order valence-electron chi connectivity index (χ1n) is 9.15. The molecule has 0 bridgehead atoms. The lowest BCUT2D eigenvalue weighted by Crippen LogP contribution is -2.27. The third-order valence-electron chi connectivity index (χ3n) is 4.45. The Labute approximate surface area is 160 Å². The van der Waals surface area contributed by atoms with E-state index in [9.17, 15) is 4.79 Å². The van der Waals surface area contributed by atoms with Crippen molar-refractivity contribution in [2.45, 2.75) is 26.3 Å². The van der Waals surface area contributed by atoms with Crippen molar-refractivity contribution in [1.29, 1.82) is 0 Å². The second-order valence-electron chi connectivity index (χ2n) is 6.98. The second-order valence-corrected chi connectivity index (χ2v) is 6.98. The van der Waals surface area contributed by atoms with Gasteiger partial charge in [-0.2, -0.15) is 0 Å². The van der Waals surface area contributed by atoms with Crippen LogP contribution in [-0.4, -0.2) is 22.8 Å². The van der Waals surface area contributed by atoms with Crippen molar-refractivity contribution in [3.8, 4) is 0 Å². The molecular weight excluding hydrogens is 334 g/mol. The standard InChI is InChI=1S/C23H25N3O/c1-17(2)19-9-11-20(12-10-19)25-21-13-14-24-22(15-21)23(27)26(3)16-18-7-5-4-6-8-18/h4-15,17H,16H2,1-3H3,(H,24,25). The monoisotopic (exact) mass is 359 g/mol. The number of amides is 1. The Balaban J connectivity index is 1.70. The maximum absolute atomic E-state index is 12.7. The molecule has 3 rings (SSSR count). The summed E-state index contributed by atoms with van der Waals surface area (Å²) in [5, 5.41) is 3.34. The van der Waals surface area contributed by atoms with Gasteiger partial charge >= 0.3 is 0 Å². The Hall–Kier alpha value is -3.14. The number of anilines is 2. The molecule has 2 aromatic carbocycles. The Morgan fingerprint density at radius 2 is 1.70 bits per heavy atom. The molecule has 27 heavy (non-hydrogen) atoms. The van der Waals surface area contributed by atoms with Crippen molar-refractivity contribution in [2.24, 2.45) is 0 Å². The summed E-state index contributed by atoms with van der Waals surface area (Å²) in [4.78, 5) is 18.6. The van der Waals surface area contributed by atoms with Gasteiger partial charge in [0.15, 0.2) is 0 Å². The van der Waals surface area contributed by atoms with E-state index in [0.717, 1.165) is 16.9 Å². The Bertz CT molecular complexity index is 889. The first-order valence-corrected chi connectivity index (χ1v) is 9.15. The Kier molecular flexibility index (Phi) is 5.87. The molecule has 0 aliphatic carbocycles. The largest absolute Gasteiger partial charge is 0.355 e. The van der Waals surface area contributed by atoms with E-state index in [-0.39, 0.29) is 5.91 Å². The van der Waals surface area contributed by atoms with Crippen LogP contribution in [0.1, 0.15) is 41.4 Å². The summed E-state index contributed by atoms with van der Waals surface area (Å²) in [5.41, 5.74) is 4.65. The number of rotatable bonds is 6. The summed E-state index contributed by atoms with van der Waals surface area (Å²) >= 11 is 0. The van der Waals surface area contributed by atoms with E-state index < -0.39 is 0 Å². The molecule has 0 saturated carbocycles. The SMILES string of the molecule is CC(C)c1ccc(Nc2ccnc(C(=O)N(C)Cc3ccccc3)c2)cc1. The average Bonchev–Trinajstić information content (AvgIpc) is 2.69. The molecular formula is C23H25N3O. The number of carbonyl (C=O) groups excluding carboxylic acids is 1. The van der Waals surface area contributed by atoms with Gasteiger partial charge in [0.25, 0.3) is 5.91 Å². The lowest BCUT2D eigenvalue weighted by molar-refractivity contribution is 0.0779. The minimum atomic E-state index is -0.0994. The minimum Gasteiger partial charge on any atom is -0.355 e. The summed E-state index contributed by atoms with van der Waals surface area (Å²) in [7, 11) is 1.79. The van der Waals surface area contributed by atoms with Crippen LogP contribution in [0.4, 0.5) is 11.4 Å². The normalized spacial score (nSPS) is 10.7. The zero-order valence-electron chi connectivity index (χ0n) is 16.0. The second kappa shape index (κ2) is 8.49. The molecule has 0 radical (unpaired) electrons. The highest BCUT2D eigenvalue weighted by Gasteiger charge is 2.14. The first kappa shape index (κ1) is 18.6. The highest BCUT2D eigenvalue weighted by Crippen LogP contribution is 2.21. The summed E-state index contributed by atoms with van der Waals surface area (Å²) in [5.74, 6) is 0.405. The van der Waals surface area contributed by atoms with Crippen LogP contribution in [-0.2, 0) is 6.54 Å². The molecule has 1 aromatic heterocycles. The van der Waals surface area contributed by atoms with Crippen LogP contribution < -0.4 is 5.32 Å². The van der Waals surface area contributed by atoms with Crippen LogP contribution in [0.5, 0.6) is 0 Å². The van der Waals surface area contributed by atoms with E-state index in [1.807, 2.05) is 36.4 Å². The van der Waals surface area contributed by atoms with Gasteiger partial charge in [-0.3, -0.25) is 9.78 Å². The summed E-state index contributed by atoms with van der Waals surface area (Å²) < 4.78 is 0. The Morgan fingerprint density at radius 3 is 2.37 bits per heavy atom. The fourth-order valence-electron chi connectivity index (χ4n) is 2.87. The van der Waals surface area contributed by atoms with Crippen LogP contribution in [0, 0.1) is 0 Å². The van der Waals surface area contributed by atoms with E-state index in [4.69, 9.17) is 0 Å². The topological polar surface area (TPSA) is 45.2 Å². The molecule has 138 valence electrons. The molecule has 1 N–H and O–H groups in total. The molecule has 0 aliphatic rings. The number of aromatic nitrogens is 1. The number of benzene rings is 2. The molecule has 1 amide bonds. The molecule has 0 saturated heterocycles. The van der Waals surface area contributed by atoms with Gasteiger partial charge in [0.1, 0.15) is 5.69 Å². The number of hydrogen-bond acceptors (Lipinski definition) is 3. The molecule has 4 heteroatoms. The van der Waals surface area contributed by atoms with E-state index in [1.165, 1.54) is 5.56 Å². The van der Waals surface area contributed by atoms with Gasteiger partial charge in [-0.25, -0.2) is 0 Å². The van der Waals surface area contributed by atoms with Crippen molar-refractivity contribution < 1.29 is 4.79 Å². The van der Waals surface area contributed by atoms with Gasteiger partial charge in [-0.1, -0.05) is 56.3 Å². The third kappa shape index (κ3) is 4.94. The third-order valence-corrected chi connectivity index (χ3v) is 4.45. The van der Waals surface area contributed by atoms with Crippen LogP contribution >= 0.6 is 0 Å². The van der Waals surface area contributed by atoms with Gasteiger partial charge < -0.3 is 10.2 Å². The maximum Gasteiger partial charge on any atom is 0.272 e. The summed E-state index contributed by atoms with van der Waals surface area (Å²) in [6.45, 7) is 4.90. The molecule has 0 atom stereocenters. The molecule has 0 spiro atoms. The fourth-order valence-corrected chi connectivity index (χ4v) is 2.87. The van der Waals surface area contributed by atoms with Crippen LogP contribution in [0.3, 0.4) is 0 Å². The first-order chi connectivity index (χ1) is 13.0. The highest BCUT2D eigenvalue weighted by molar-refractivity contribution is 5.93. The number of hydrogen-bond donors (Lipinski definition) is 1. The predicted molar refractivity (Wildman–Crippen MR) is 110 cm³/mol. The molecule has 1 heterocycles. The van der Waals surface area contributed by atoms with Gasteiger partial charge in [-0.15, -0.1) is 0 Å². The van der Waals surface area contributed by atoms with Crippen LogP contribution in [0.25, 0.3) is 0 Å². The van der Waals surface area contributed by atoms with Crippen molar-refractivity contribution in [3.63, 3.8) is 0 Å². The molecule has 4 nitrogen and oxygen atoms in total. The smallest absolute Gasteiger partial charge is 0.272 e. The highest BCUT2D eigenvalue weighted by atomic mass is 16.2. The number of pyridine rings is 1. The van der Waals surface area contributed by atoms with Crippen molar-refractivity contribution >= 4 is 17.3 Å². The van der Waals surface area contributed by atoms with Crippen molar-refractivity contribution in [3.05, 3.63) is 89.7 Å². The van der Waals surface area contributed by atoms with E-state index >= 15 is 0 Å². The molecule has 3 aromatic rings. The molecule has 0 fully saturated rings. The Morgan fingerprint density at radius 1 is 1.00 bits per heavy atom. The van der Waals surface area contributed by atoms with Gasteiger partial charge in [0.2, 0.25) is 0 Å². The van der Waals surface area contributed by atoms with Gasteiger partial charge in [0, 0.05) is 31.2 Å². The number of carbonyl (C=O) groups is 1.